The van der Waals surface area contributed by atoms with E-state index in [0.717, 1.165) is 45.9 Å². The van der Waals surface area contributed by atoms with Crippen LogP contribution in [-0.2, 0) is 16.0 Å². The van der Waals surface area contributed by atoms with Crippen molar-refractivity contribution in [1.29, 1.82) is 0 Å². The third-order valence-electron chi connectivity index (χ3n) is 3.55. The lowest BCUT2D eigenvalue weighted by Gasteiger charge is -2.25. The van der Waals surface area contributed by atoms with Gasteiger partial charge in [-0.3, -0.25) is 0 Å². The fourth-order valence-electron chi connectivity index (χ4n) is 2.74. The molecule has 0 amide bonds. The smallest absolute Gasteiger partial charge is 0.104 e. The van der Waals surface area contributed by atoms with Gasteiger partial charge in [0.1, 0.15) is 5.60 Å². The minimum Gasteiger partial charge on any atom is -0.377 e. The summed E-state index contributed by atoms with van der Waals surface area (Å²) >= 11 is 0. The second-order valence-corrected chi connectivity index (χ2v) is 5.05. The first kappa shape index (κ1) is 11.2. The van der Waals surface area contributed by atoms with Crippen LogP contribution < -0.4 is 5.32 Å². The van der Waals surface area contributed by atoms with Gasteiger partial charge in [-0.1, -0.05) is 0 Å². The molecule has 0 bridgehead atoms. The van der Waals surface area contributed by atoms with Gasteiger partial charge in [-0.05, 0) is 6.42 Å². The number of ether oxygens (including phenoxy) is 2. The van der Waals surface area contributed by atoms with Crippen LogP contribution in [0.1, 0.15) is 6.42 Å². The molecule has 3 rings (SSSR count). The van der Waals surface area contributed by atoms with Gasteiger partial charge in [0.25, 0.3) is 0 Å². The standard InChI is InChI=1S/C12H19N3O2/c1-3-15(10-14-1)6-11-5-12(17-7-11)8-13-2-4-16-9-12/h1,3,10-11,13H,2,4-9H2/t11-,12-/m1/s1. The van der Waals surface area contributed by atoms with E-state index in [2.05, 4.69) is 14.9 Å². The molecule has 1 spiro atoms. The molecule has 5 nitrogen and oxygen atoms in total. The van der Waals surface area contributed by atoms with E-state index in [0.29, 0.717) is 5.92 Å². The Morgan fingerprint density at radius 1 is 1.53 bits per heavy atom. The summed E-state index contributed by atoms with van der Waals surface area (Å²) in [6.07, 6.45) is 6.76. The predicted octanol–water partition coefficient (Wildman–Crippen LogP) is 0.278. The average Bonchev–Trinajstić information content (AvgIpc) is 2.89. The van der Waals surface area contributed by atoms with Crippen LogP contribution in [0, 0.1) is 5.92 Å². The number of hydrogen-bond donors (Lipinski definition) is 1. The van der Waals surface area contributed by atoms with Crippen molar-refractivity contribution >= 4 is 0 Å². The molecule has 94 valence electrons. The van der Waals surface area contributed by atoms with Crippen molar-refractivity contribution in [2.45, 2.75) is 18.6 Å². The molecule has 3 heterocycles. The Hall–Kier alpha value is -0.910. The van der Waals surface area contributed by atoms with Crippen LogP contribution in [0.2, 0.25) is 0 Å². The SMILES string of the molecule is c1cn(C[C@@H]2CO[C@@]3(CNCCOC3)C2)cn1. The van der Waals surface area contributed by atoms with E-state index in [1.807, 2.05) is 18.7 Å². The Morgan fingerprint density at radius 3 is 3.41 bits per heavy atom. The molecule has 1 aromatic heterocycles. The van der Waals surface area contributed by atoms with Crippen molar-refractivity contribution in [2.24, 2.45) is 5.92 Å². The molecular weight excluding hydrogens is 218 g/mol. The van der Waals surface area contributed by atoms with Crippen molar-refractivity contribution in [1.82, 2.24) is 14.9 Å². The molecule has 5 heteroatoms. The molecule has 2 aliphatic heterocycles. The van der Waals surface area contributed by atoms with Crippen LogP contribution >= 0.6 is 0 Å². The number of aromatic nitrogens is 2. The second kappa shape index (κ2) is 4.76. The largest absolute Gasteiger partial charge is 0.377 e. The molecule has 1 N–H and O–H groups in total. The molecule has 0 unspecified atom stereocenters. The first-order valence-corrected chi connectivity index (χ1v) is 6.25. The van der Waals surface area contributed by atoms with Crippen LogP contribution in [0.25, 0.3) is 0 Å². The first-order valence-electron chi connectivity index (χ1n) is 6.25. The molecule has 1 aromatic rings. The van der Waals surface area contributed by atoms with Crippen LogP contribution in [0.3, 0.4) is 0 Å². The number of nitrogens with zero attached hydrogens (tertiary/aromatic N) is 2. The molecular formula is C12H19N3O2. The lowest BCUT2D eigenvalue weighted by Crippen LogP contribution is -2.41. The Balaban J connectivity index is 1.60. The second-order valence-electron chi connectivity index (χ2n) is 5.05. The highest BCUT2D eigenvalue weighted by atomic mass is 16.5. The maximum absolute atomic E-state index is 6.00. The number of rotatable bonds is 2. The van der Waals surface area contributed by atoms with Gasteiger partial charge in [0.15, 0.2) is 0 Å². The normalized spacial score (nSPS) is 34.0. The third kappa shape index (κ3) is 2.51. The summed E-state index contributed by atoms with van der Waals surface area (Å²) in [7, 11) is 0. The molecule has 2 saturated heterocycles. The molecule has 0 saturated carbocycles. The van der Waals surface area contributed by atoms with Gasteiger partial charge in [0.05, 0.1) is 26.1 Å². The van der Waals surface area contributed by atoms with E-state index in [9.17, 15) is 0 Å². The quantitative estimate of drug-likeness (QED) is 0.802. The summed E-state index contributed by atoms with van der Waals surface area (Å²) < 4.78 is 13.7. The Kier molecular flexibility index (Phi) is 3.13. The molecule has 17 heavy (non-hydrogen) atoms. The summed E-state index contributed by atoms with van der Waals surface area (Å²) in [4.78, 5) is 4.07. The Bertz CT molecular complexity index is 345. The van der Waals surface area contributed by atoms with E-state index < -0.39 is 0 Å². The van der Waals surface area contributed by atoms with Gasteiger partial charge in [-0.2, -0.15) is 0 Å². The van der Waals surface area contributed by atoms with Gasteiger partial charge >= 0.3 is 0 Å². The van der Waals surface area contributed by atoms with Crippen LogP contribution in [0.15, 0.2) is 18.7 Å². The van der Waals surface area contributed by atoms with Gasteiger partial charge in [0, 0.05) is 37.9 Å². The van der Waals surface area contributed by atoms with E-state index in [-0.39, 0.29) is 5.60 Å². The molecule has 0 aromatic carbocycles. The topological polar surface area (TPSA) is 48.3 Å². The monoisotopic (exact) mass is 237 g/mol. The van der Waals surface area contributed by atoms with Gasteiger partial charge < -0.3 is 19.4 Å². The van der Waals surface area contributed by atoms with Crippen LogP contribution in [-0.4, -0.2) is 48.1 Å². The summed E-state index contributed by atoms with van der Waals surface area (Å²) in [6, 6.07) is 0. The molecule has 0 radical (unpaired) electrons. The number of nitrogens with one attached hydrogen (secondary N) is 1. The first-order chi connectivity index (χ1) is 8.36. The fourth-order valence-corrected chi connectivity index (χ4v) is 2.74. The predicted molar refractivity (Wildman–Crippen MR) is 62.7 cm³/mol. The van der Waals surface area contributed by atoms with Crippen LogP contribution in [0.4, 0.5) is 0 Å². The van der Waals surface area contributed by atoms with E-state index in [1.54, 1.807) is 0 Å². The van der Waals surface area contributed by atoms with Crippen molar-refractivity contribution in [3.63, 3.8) is 0 Å². The third-order valence-corrected chi connectivity index (χ3v) is 3.55. The summed E-state index contributed by atoms with van der Waals surface area (Å²) in [5.41, 5.74) is -0.0955. The van der Waals surface area contributed by atoms with Crippen molar-refractivity contribution < 1.29 is 9.47 Å². The minimum atomic E-state index is -0.0955. The van der Waals surface area contributed by atoms with Crippen molar-refractivity contribution in [2.75, 3.05) is 32.9 Å². The zero-order valence-corrected chi connectivity index (χ0v) is 9.97. The average molecular weight is 237 g/mol. The summed E-state index contributed by atoms with van der Waals surface area (Å²) in [5, 5.41) is 3.39. The maximum atomic E-state index is 6.00. The fraction of sp³-hybridized carbons (Fsp3) is 0.750. The summed E-state index contributed by atoms with van der Waals surface area (Å²) in [5.74, 6) is 0.563. The van der Waals surface area contributed by atoms with E-state index >= 15 is 0 Å². The lowest BCUT2D eigenvalue weighted by atomic mass is 9.94. The number of imidazole rings is 1. The van der Waals surface area contributed by atoms with E-state index in [4.69, 9.17) is 9.47 Å². The van der Waals surface area contributed by atoms with Gasteiger partial charge in [0.2, 0.25) is 0 Å². The zero-order chi connectivity index (χ0) is 11.6. The molecule has 0 aliphatic carbocycles. The maximum Gasteiger partial charge on any atom is 0.104 e. The Morgan fingerprint density at radius 2 is 2.53 bits per heavy atom. The highest BCUT2D eigenvalue weighted by Crippen LogP contribution is 2.31. The van der Waals surface area contributed by atoms with E-state index in [1.165, 1.54) is 0 Å². The lowest BCUT2D eigenvalue weighted by molar-refractivity contribution is -0.0472. The number of hydrogen-bond acceptors (Lipinski definition) is 4. The van der Waals surface area contributed by atoms with Gasteiger partial charge in [-0.15, -0.1) is 0 Å². The van der Waals surface area contributed by atoms with Crippen molar-refractivity contribution in [3.05, 3.63) is 18.7 Å². The highest BCUT2D eigenvalue weighted by molar-refractivity contribution is 4.93. The highest BCUT2D eigenvalue weighted by Gasteiger charge is 2.41. The summed E-state index contributed by atoms with van der Waals surface area (Å²) in [6.45, 7) is 5.16. The Labute approximate surface area is 101 Å². The van der Waals surface area contributed by atoms with Crippen molar-refractivity contribution in [3.8, 4) is 0 Å². The molecule has 2 atom stereocenters. The minimum absolute atomic E-state index is 0.0955. The zero-order valence-electron chi connectivity index (χ0n) is 9.97. The van der Waals surface area contributed by atoms with Gasteiger partial charge in [-0.25, -0.2) is 4.98 Å². The van der Waals surface area contributed by atoms with Crippen LogP contribution in [0.5, 0.6) is 0 Å². The molecule has 2 aliphatic rings. The molecule has 2 fully saturated rings.